The van der Waals surface area contributed by atoms with Crippen LogP contribution in [0.15, 0.2) is 54.0 Å². The number of hydrogen-bond donors (Lipinski definition) is 3. The molecule has 0 saturated heterocycles. The summed E-state index contributed by atoms with van der Waals surface area (Å²) in [6.45, 7) is 0. The Kier molecular flexibility index (Phi) is 5.03. The van der Waals surface area contributed by atoms with Crippen LogP contribution in [0.4, 0.5) is 10.7 Å². The molecule has 0 bridgehead atoms. The van der Waals surface area contributed by atoms with Crippen LogP contribution in [-0.4, -0.2) is 35.8 Å². The number of benzene rings is 1. The molecule has 0 aliphatic rings. The fourth-order valence-electron chi connectivity index (χ4n) is 2.93. The first kappa shape index (κ1) is 19.1. The van der Waals surface area contributed by atoms with Gasteiger partial charge in [0.05, 0.1) is 23.4 Å². The van der Waals surface area contributed by atoms with Gasteiger partial charge >= 0.3 is 0 Å². The van der Waals surface area contributed by atoms with Crippen LogP contribution < -0.4 is 10.0 Å². The van der Waals surface area contributed by atoms with Gasteiger partial charge in [0.25, 0.3) is 0 Å². The maximum absolute atomic E-state index is 12.4. The fourth-order valence-corrected chi connectivity index (χ4v) is 4.29. The topological polar surface area (TPSA) is 117 Å². The molecule has 1 aromatic carbocycles. The molecule has 154 valence electrons. The largest absolute Gasteiger partial charge is 0.317 e. The third-order valence-electron chi connectivity index (χ3n) is 4.08. The summed E-state index contributed by atoms with van der Waals surface area (Å²) in [5.41, 5.74) is 3.54. The van der Waals surface area contributed by atoms with E-state index in [0.717, 1.165) is 22.9 Å². The maximum Gasteiger partial charge on any atom is 0.229 e. The minimum absolute atomic E-state index is 0. The molecule has 0 aliphatic carbocycles. The molecule has 29 heavy (non-hydrogen) atoms. The van der Waals surface area contributed by atoms with E-state index in [4.69, 9.17) is 0 Å². The highest BCUT2D eigenvalue weighted by atomic mass is 32.2. The Bertz CT molecular complexity index is 1310. The molecule has 3 N–H and O–H groups in total. The molecule has 0 aliphatic heterocycles. The highest BCUT2D eigenvalue weighted by Gasteiger charge is 2.12. The molecular weight excluding hydrogens is 410 g/mol. The summed E-state index contributed by atoms with van der Waals surface area (Å²) in [4.78, 5) is 16.6. The highest BCUT2D eigenvalue weighted by Crippen LogP contribution is 2.31. The third-order valence-corrected chi connectivity index (χ3v) is 5.53. The molecule has 4 aromatic rings. The molecule has 0 spiro atoms. The number of carbonyl (C=O) groups excluding carboxylic acids is 1. The lowest BCUT2D eigenvalue weighted by Crippen LogP contribution is -2.14. The molecule has 0 atom stereocenters. The van der Waals surface area contributed by atoms with E-state index in [1.807, 2.05) is 23.6 Å². The Morgan fingerprint density at radius 2 is 2.10 bits per heavy atom. The molecule has 3 aromatic heterocycles. The van der Waals surface area contributed by atoms with Crippen LogP contribution in [0.1, 0.15) is 9.84 Å². The van der Waals surface area contributed by atoms with Crippen molar-refractivity contribution in [2.75, 3.05) is 16.3 Å². The Morgan fingerprint density at radius 3 is 2.93 bits per heavy atom. The van der Waals surface area contributed by atoms with E-state index in [-0.39, 0.29) is 16.6 Å². The molecule has 10 heteroatoms. The number of anilines is 2. The van der Waals surface area contributed by atoms with Crippen LogP contribution in [0.5, 0.6) is 0 Å². The number of H-pyrrole nitrogens is 1. The molecular formula is C19H23N5O3S2. The second kappa shape index (κ2) is 7.64. The number of fused-ring (bicyclic) bond motifs is 1. The Labute approximate surface area is 175 Å². The Balaban J connectivity index is 0.00000171. The zero-order valence-corrected chi connectivity index (χ0v) is 17.0. The number of carbonyl (C=O) groups is 1. The number of nitrogens with one attached hydrogen (secondary N) is 3. The highest BCUT2D eigenvalue weighted by molar-refractivity contribution is 7.92. The summed E-state index contributed by atoms with van der Waals surface area (Å²) in [7, 11) is -3.37. The van der Waals surface area contributed by atoms with E-state index in [1.54, 1.807) is 30.5 Å². The molecule has 0 radical (unpaired) electrons. The fraction of sp³-hybridized carbons (Fsp3) is 0.105. The summed E-state index contributed by atoms with van der Waals surface area (Å²) in [6.07, 6.45) is 2.90. The van der Waals surface area contributed by atoms with Crippen LogP contribution in [-0.2, 0) is 21.2 Å². The van der Waals surface area contributed by atoms with Gasteiger partial charge in [-0.2, -0.15) is 5.10 Å². The zero-order valence-electron chi connectivity index (χ0n) is 15.3. The summed E-state index contributed by atoms with van der Waals surface area (Å²) in [5.74, 6) is -0.189. The smallest absolute Gasteiger partial charge is 0.229 e. The van der Waals surface area contributed by atoms with E-state index in [0.29, 0.717) is 21.9 Å². The van der Waals surface area contributed by atoms with E-state index in [9.17, 15) is 13.2 Å². The average Bonchev–Trinajstić information content (AvgIpc) is 3.27. The van der Waals surface area contributed by atoms with Gasteiger partial charge in [-0.15, -0.1) is 11.3 Å². The summed E-state index contributed by atoms with van der Waals surface area (Å²) in [5, 5.41) is 13.6. The first-order valence-electron chi connectivity index (χ1n) is 8.62. The average molecular weight is 434 g/mol. The lowest BCUT2D eigenvalue weighted by molar-refractivity contribution is -0.115. The number of sulfonamides is 1. The minimum atomic E-state index is -3.37. The molecule has 1 amide bonds. The molecule has 0 saturated carbocycles. The van der Waals surface area contributed by atoms with Crippen molar-refractivity contribution in [3.63, 3.8) is 0 Å². The van der Waals surface area contributed by atoms with Gasteiger partial charge in [0.1, 0.15) is 0 Å². The predicted molar refractivity (Wildman–Crippen MR) is 121 cm³/mol. The van der Waals surface area contributed by atoms with Crippen molar-refractivity contribution in [2.45, 2.75) is 6.42 Å². The number of hydrogen-bond acceptors (Lipinski definition) is 6. The molecule has 0 fully saturated rings. The summed E-state index contributed by atoms with van der Waals surface area (Å²) >= 11 is 1.41. The molecule has 0 unspecified atom stereocenters. The van der Waals surface area contributed by atoms with Gasteiger partial charge in [0.15, 0.2) is 5.65 Å². The SMILES string of the molecule is CS(=O)(=O)Nc1cccc(CC(=O)Nc2cc(-c3[nH]nc4ncccc34)cs2)c1.[HH].[HH].[HH]. The standard InChI is InChI=1S/C19H17N5O3S2.3H2/c1-29(26,27)24-14-5-2-4-12(8-14)9-16(25)21-17-10-13(11-28-17)18-15-6-3-7-20-19(15)23-22-18;;;/h2-8,10-11,24H,9H2,1H3,(H,21,25)(H,20,22,23);3*1H. The van der Waals surface area contributed by atoms with Crippen molar-refractivity contribution >= 4 is 49.0 Å². The van der Waals surface area contributed by atoms with E-state index >= 15 is 0 Å². The third kappa shape index (κ3) is 4.61. The van der Waals surface area contributed by atoms with E-state index in [2.05, 4.69) is 25.2 Å². The lowest BCUT2D eigenvalue weighted by Gasteiger charge is -2.07. The van der Waals surface area contributed by atoms with E-state index in [1.165, 1.54) is 11.3 Å². The van der Waals surface area contributed by atoms with Crippen molar-refractivity contribution in [1.29, 1.82) is 0 Å². The molecule has 3 heterocycles. The summed E-state index contributed by atoms with van der Waals surface area (Å²) < 4.78 is 25.1. The van der Waals surface area contributed by atoms with Gasteiger partial charge in [-0.05, 0) is 35.9 Å². The lowest BCUT2D eigenvalue weighted by atomic mass is 10.1. The van der Waals surface area contributed by atoms with Gasteiger partial charge in [-0.3, -0.25) is 14.6 Å². The van der Waals surface area contributed by atoms with Gasteiger partial charge < -0.3 is 5.32 Å². The predicted octanol–water partition coefficient (Wildman–Crippen LogP) is 3.98. The Morgan fingerprint density at radius 1 is 1.24 bits per heavy atom. The number of nitrogens with zero attached hydrogens (tertiary/aromatic N) is 2. The first-order chi connectivity index (χ1) is 13.9. The van der Waals surface area contributed by atoms with Crippen molar-refractivity contribution < 1.29 is 17.5 Å². The number of pyridine rings is 1. The quantitative estimate of drug-likeness (QED) is 0.425. The minimum Gasteiger partial charge on any atom is -0.317 e. The maximum atomic E-state index is 12.4. The summed E-state index contributed by atoms with van der Waals surface area (Å²) in [6, 6.07) is 12.4. The normalized spacial score (nSPS) is 11.5. The van der Waals surface area contributed by atoms with Crippen molar-refractivity contribution in [3.05, 3.63) is 59.6 Å². The Hall–Kier alpha value is -3.24. The molecule has 4 rings (SSSR count). The van der Waals surface area contributed by atoms with Crippen molar-refractivity contribution in [1.82, 2.24) is 15.2 Å². The van der Waals surface area contributed by atoms with E-state index < -0.39 is 10.0 Å². The number of thiophene rings is 1. The van der Waals surface area contributed by atoms with Crippen LogP contribution in [0, 0.1) is 0 Å². The van der Waals surface area contributed by atoms with Crippen molar-refractivity contribution in [3.8, 4) is 11.3 Å². The van der Waals surface area contributed by atoms with Gasteiger partial charge in [-0.25, -0.2) is 13.4 Å². The number of aromatic amines is 1. The monoisotopic (exact) mass is 433 g/mol. The van der Waals surface area contributed by atoms with Crippen LogP contribution in [0.3, 0.4) is 0 Å². The van der Waals surface area contributed by atoms with Crippen LogP contribution in [0.25, 0.3) is 22.3 Å². The van der Waals surface area contributed by atoms with Gasteiger partial charge in [0.2, 0.25) is 15.9 Å². The van der Waals surface area contributed by atoms with Crippen LogP contribution in [0.2, 0.25) is 0 Å². The first-order valence-corrected chi connectivity index (χ1v) is 11.4. The van der Waals surface area contributed by atoms with Crippen LogP contribution >= 0.6 is 11.3 Å². The van der Waals surface area contributed by atoms with Gasteiger partial charge in [-0.1, -0.05) is 12.1 Å². The van der Waals surface area contributed by atoms with Crippen molar-refractivity contribution in [2.24, 2.45) is 0 Å². The molecule has 8 nitrogen and oxygen atoms in total. The number of rotatable bonds is 6. The number of amides is 1. The van der Waals surface area contributed by atoms with Gasteiger partial charge in [0, 0.05) is 32.5 Å². The second-order valence-corrected chi connectivity index (χ2v) is 9.13. The zero-order chi connectivity index (χ0) is 20.4. The number of aromatic nitrogens is 3. The second-order valence-electron chi connectivity index (χ2n) is 6.47.